The van der Waals surface area contributed by atoms with Crippen LogP contribution in [-0.2, 0) is 5.41 Å². The molecule has 0 amide bonds. The third-order valence-corrected chi connectivity index (χ3v) is 5.50. The minimum atomic E-state index is 0.331. The van der Waals surface area contributed by atoms with Crippen molar-refractivity contribution in [2.24, 2.45) is 0 Å². The van der Waals surface area contributed by atoms with E-state index < -0.39 is 0 Å². The standard InChI is InChI=1S/C18H29NS/c1-3-18(13-8-14-20-4-2,15-19-17-11-12-17)16-9-6-5-7-10-16/h5-7,9-10,17,19H,3-4,8,11-15H2,1-2H3. The van der Waals surface area contributed by atoms with E-state index in [0.29, 0.717) is 5.41 Å². The van der Waals surface area contributed by atoms with Crippen LogP contribution in [0.3, 0.4) is 0 Å². The van der Waals surface area contributed by atoms with Crippen LogP contribution >= 0.6 is 11.8 Å². The molecule has 1 aliphatic rings. The topological polar surface area (TPSA) is 12.0 Å². The molecule has 1 nitrogen and oxygen atoms in total. The van der Waals surface area contributed by atoms with Crippen LogP contribution in [0.4, 0.5) is 0 Å². The molecule has 1 aliphatic carbocycles. The van der Waals surface area contributed by atoms with Gasteiger partial charge in [-0.2, -0.15) is 11.8 Å². The van der Waals surface area contributed by atoms with Crippen LogP contribution in [0.15, 0.2) is 30.3 Å². The second-order valence-corrected chi connectivity index (χ2v) is 7.35. The highest BCUT2D eigenvalue weighted by Crippen LogP contribution is 2.34. The summed E-state index contributed by atoms with van der Waals surface area (Å²) in [6.45, 7) is 5.76. The molecule has 1 fully saturated rings. The summed E-state index contributed by atoms with van der Waals surface area (Å²) in [5.41, 5.74) is 1.86. The number of hydrogen-bond donors (Lipinski definition) is 1. The minimum absolute atomic E-state index is 0.331. The lowest BCUT2D eigenvalue weighted by Crippen LogP contribution is -2.39. The highest BCUT2D eigenvalue weighted by atomic mass is 32.2. The molecule has 112 valence electrons. The summed E-state index contributed by atoms with van der Waals surface area (Å²) >= 11 is 2.07. The molecular formula is C18H29NS. The molecule has 1 atom stereocenters. The molecule has 0 heterocycles. The molecule has 0 radical (unpaired) electrons. The van der Waals surface area contributed by atoms with Crippen LogP contribution in [0.1, 0.15) is 51.5 Å². The fourth-order valence-corrected chi connectivity index (χ4v) is 3.55. The van der Waals surface area contributed by atoms with Gasteiger partial charge >= 0.3 is 0 Å². The Labute approximate surface area is 128 Å². The average molecular weight is 292 g/mol. The smallest absolute Gasteiger partial charge is 0.00755 e. The first-order valence-electron chi connectivity index (χ1n) is 8.17. The van der Waals surface area contributed by atoms with Gasteiger partial charge in [0.1, 0.15) is 0 Å². The zero-order valence-electron chi connectivity index (χ0n) is 13.0. The lowest BCUT2D eigenvalue weighted by molar-refractivity contribution is 0.351. The number of rotatable bonds is 10. The molecule has 0 aliphatic heterocycles. The van der Waals surface area contributed by atoms with E-state index in [1.165, 1.54) is 49.2 Å². The van der Waals surface area contributed by atoms with Crippen LogP contribution in [0.2, 0.25) is 0 Å². The van der Waals surface area contributed by atoms with E-state index in [1.54, 1.807) is 0 Å². The summed E-state index contributed by atoms with van der Waals surface area (Å²) in [5.74, 6) is 2.54. The molecule has 1 N–H and O–H groups in total. The fraction of sp³-hybridized carbons (Fsp3) is 0.667. The maximum absolute atomic E-state index is 3.78. The average Bonchev–Trinajstić information content (AvgIpc) is 3.32. The van der Waals surface area contributed by atoms with Crippen LogP contribution in [-0.4, -0.2) is 24.1 Å². The van der Waals surface area contributed by atoms with E-state index >= 15 is 0 Å². The molecule has 0 bridgehead atoms. The SMILES string of the molecule is CCSCCCC(CC)(CNC1CC1)c1ccccc1. The first-order valence-corrected chi connectivity index (χ1v) is 9.33. The van der Waals surface area contributed by atoms with Gasteiger partial charge in [0, 0.05) is 18.0 Å². The van der Waals surface area contributed by atoms with E-state index in [0.717, 1.165) is 12.6 Å². The van der Waals surface area contributed by atoms with Crippen LogP contribution in [0.25, 0.3) is 0 Å². The first-order chi connectivity index (χ1) is 9.80. The Morgan fingerprint density at radius 2 is 1.95 bits per heavy atom. The Morgan fingerprint density at radius 3 is 2.55 bits per heavy atom. The Balaban J connectivity index is 2.02. The van der Waals surface area contributed by atoms with Gasteiger partial charge in [-0.15, -0.1) is 0 Å². The molecule has 1 aromatic carbocycles. The van der Waals surface area contributed by atoms with Crippen molar-refractivity contribution in [1.29, 1.82) is 0 Å². The lowest BCUT2D eigenvalue weighted by Gasteiger charge is -2.34. The Kier molecular flexibility index (Phi) is 6.44. The number of hydrogen-bond acceptors (Lipinski definition) is 2. The van der Waals surface area contributed by atoms with Gasteiger partial charge in [-0.1, -0.05) is 44.2 Å². The predicted octanol–water partition coefficient (Wildman–Crippen LogP) is 4.62. The van der Waals surface area contributed by atoms with Gasteiger partial charge in [0.05, 0.1) is 0 Å². The highest BCUT2D eigenvalue weighted by molar-refractivity contribution is 7.99. The third kappa shape index (κ3) is 4.53. The van der Waals surface area contributed by atoms with E-state index in [9.17, 15) is 0 Å². The van der Waals surface area contributed by atoms with Crippen molar-refractivity contribution in [3.8, 4) is 0 Å². The lowest BCUT2D eigenvalue weighted by atomic mass is 9.74. The van der Waals surface area contributed by atoms with Crippen LogP contribution in [0, 0.1) is 0 Å². The summed E-state index contributed by atoms with van der Waals surface area (Å²) in [5, 5.41) is 3.78. The maximum Gasteiger partial charge on any atom is 0.00755 e. The molecule has 2 heteroatoms. The van der Waals surface area contributed by atoms with Crippen LogP contribution in [0.5, 0.6) is 0 Å². The van der Waals surface area contributed by atoms with Gasteiger partial charge in [-0.3, -0.25) is 0 Å². The summed E-state index contributed by atoms with van der Waals surface area (Å²) in [6, 6.07) is 12.0. The van der Waals surface area contributed by atoms with E-state index in [-0.39, 0.29) is 0 Å². The van der Waals surface area contributed by atoms with Crippen molar-refractivity contribution in [2.75, 3.05) is 18.1 Å². The minimum Gasteiger partial charge on any atom is -0.313 e. The predicted molar refractivity (Wildman–Crippen MR) is 91.7 cm³/mol. The molecule has 20 heavy (non-hydrogen) atoms. The van der Waals surface area contributed by atoms with E-state index in [4.69, 9.17) is 0 Å². The molecular weight excluding hydrogens is 262 g/mol. The largest absolute Gasteiger partial charge is 0.313 e. The van der Waals surface area contributed by atoms with Gasteiger partial charge < -0.3 is 5.32 Å². The maximum atomic E-state index is 3.78. The van der Waals surface area contributed by atoms with Crippen molar-refractivity contribution in [2.45, 2.75) is 57.4 Å². The zero-order chi connectivity index (χ0) is 14.3. The Hall–Kier alpha value is -0.470. The number of benzene rings is 1. The normalized spacial score (nSPS) is 17.9. The summed E-state index contributed by atoms with van der Waals surface area (Å²) < 4.78 is 0. The van der Waals surface area contributed by atoms with E-state index in [1.807, 2.05) is 0 Å². The Morgan fingerprint density at radius 1 is 1.20 bits per heavy atom. The Bertz CT molecular complexity index is 374. The quantitative estimate of drug-likeness (QED) is 0.631. The van der Waals surface area contributed by atoms with Crippen LogP contribution < -0.4 is 5.32 Å². The monoisotopic (exact) mass is 291 g/mol. The summed E-state index contributed by atoms with van der Waals surface area (Å²) in [7, 11) is 0. The van der Waals surface area contributed by atoms with Gasteiger partial charge in [-0.25, -0.2) is 0 Å². The van der Waals surface area contributed by atoms with Gasteiger partial charge in [0.25, 0.3) is 0 Å². The molecule has 1 saturated carbocycles. The first kappa shape index (κ1) is 15.9. The molecule has 1 unspecified atom stereocenters. The third-order valence-electron chi connectivity index (χ3n) is 4.52. The molecule has 1 aromatic rings. The van der Waals surface area contributed by atoms with Gasteiger partial charge in [-0.05, 0) is 49.2 Å². The van der Waals surface area contributed by atoms with Crippen molar-refractivity contribution in [1.82, 2.24) is 5.32 Å². The highest BCUT2D eigenvalue weighted by Gasteiger charge is 2.32. The summed E-state index contributed by atoms with van der Waals surface area (Å²) in [6.07, 6.45) is 6.61. The number of nitrogens with one attached hydrogen (secondary N) is 1. The summed E-state index contributed by atoms with van der Waals surface area (Å²) in [4.78, 5) is 0. The number of thioether (sulfide) groups is 1. The second kappa shape index (κ2) is 8.09. The van der Waals surface area contributed by atoms with Crippen molar-refractivity contribution in [3.63, 3.8) is 0 Å². The van der Waals surface area contributed by atoms with E-state index in [2.05, 4.69) is 61.3 Å². The molecule has 2 rings (SSSR count). The molecule has 0 saturated heterocycles. The molecule has 0 spiro atoms. The fourth-order valence-electron chi connectivity index (χ4n) is 2.92. The molecule has 0 aromatic heterocycles. The zero-order valence-corrected chi connectivity index (χ0v) is 13.8. The second-order valence-electron chi connectivity index (χ2n) is 5.96. The van der Waals surface area contributed by atoms with Crippen molar-refractivity contribution < 1.29 is 0 Å². The van der Waals surface area contributed by atoms with Gasteiger partial charge in [0.15, 0.2) is 0 Å². The van der Waals surface area contributed by atoms with Gasteiger partial charge in [0.2, 0.25) is 0 Å². The van der Waals surface area contributed by atoms with Crippen molar-refractivity contribution >= 4 is 11.8 Å². The van der Waals surface area contributed by atoms with Crippen molar-refractivity contribution in [3.05, 3.63) is 35.9 Å².